The molecule has 0 aromatic heterocycles. The summed E-state index contributed by atoms with van der Waals surface area (Å²) in [4.78, 5) is 18.9. The molecule has 1 amide bonds. The summed E-state index contributed by atoms with van der Waals surface area (Å²) in [6.07, 6.45) is 0.548. The minimum Gasteiger partial charge on any atom is -0.497 e. The van der Waals surface area contributed by atoms with Gasteiger partial charge in [0, 0.05) is 5.69 Å². The number of carbonyl (C=O) groups is 1. The minimum atomic E-state index is -0.586. The van der Waals surface area contributed by atoms with E-state index < -0.39 is 6.10 Å². The first-order valence-electron chi connectivity index (χ1n) is 10.4. The quantitative estimate of drug-likeness (QED) is 0.405. The number of benzene rings is 3. The van der Waals surface area contributed by atoms with Crippen LogP contribution in [-0.4, -0.2) is 24.8 Å². The highest BCUT2D eigenvalue weighted by Crippen LogP contribution is 2.46. The normalized spacial score (nSPS) is 18.9. The number of hydrogen-bond donors (Lipinski definition) is 1. The summed E-state index contributed by atoms with van der Waals surface area (Å²) in [6, 6.07) is 24.8. The van der Waals surface area contributed by atoms with Crippen LogP contribution >= 0.6 is 0 Å². The second-order valence-corrected chi connectivity index (χ2v) is 7.71. The third kappa shape index (κ3) is 4.23. The van der Waals surface area contributed by atoms with E-state index >= 15 is 0 Å². The molecule has 0 spiro atoms. The number of aliphatic hydroxyl groups is 1. The van der Waals surface area contributed by atoms with Crippen LogP contribution in [0.15, 0.2) is 83.9 Å². The first kappa shape index (κ1) is 20.8. The van der Waals surface area contributed by atoms with Gasteiger partial charge >= 0.3 is 0 Å². The maximum atomic E-state index is 13.2. The second kappa shape index (κ2) is 9.14. The van der Waals surface area contributed by atoms with Gasteiger partial charge in [-0.15, -0.1) is 0 Å². The number of nitrogens with zero attached hydrogens (tertiary/aromatic N) is 2. The minimum absolute atomic E-state index is 0.0698. The molecule has 0 aliphatic carbocycles. The molecule has 0 radical (unpaired) electrons. The van der Waals surface area contributed by atoms with Crippen molar-refractivity contribution >= 4 is 24.0 Å². The fourth-order valence-electron chi connectivity index (χ4n) is 4.20. The Morgan fingerprint density at radius 2 is 1.71 bits per heavy atom. The van der Waals surface area contributed by atoms with E-state index in [-0.39, 0.29) is 17.9 Å². The zero-order valence-corrected chi connectivity index (χ0v) is 17.5. The van der Waals surface area contributed by atoms with Crippen LogP contribution < -0.4 is 9.64 Å². The van der Waals surface area contributed by atoms with Crippen molar-refractivity contribution in [3.8, 4) is 5.75 Å². The summed E-state index contributed by atoms with van der Waals surface area (Å²) < 4.78 is 5.28. The molecule has 3 unspecified atom stereocenters. The monoisotopic (exact) mass is 414 g/mol. The van der Waals surface area contributed by atoms with E-state index in [1.807, 2.05) is 83.8 Å². The summed E-state index contributed by atoms with van der Waals surface area (Å²) in [5.74, 6) is 0.655. The second-order valence-electron chi connectivity index (χ2n) is 7.71. The number of β-lactam (4-membered cyclic amide) rings is 1. The van der Waals surface area contributed by atoms with Crippen LogP contribution in [0.1, 0.15) is 36.1 Å². The van der Waals surface area contributed by atoms with Gasteiger partial charge in [-0.1, -0.05) is 42.5 Å². The van der Waals surface area contributed by atoms with Crippen LogP contribution in [0.25, 0.3) is 0 Å². The Morgan fingerprint density at radius 3 is 2.32 bits per heavy atom. The number of methoxy groups -OCH3 is 1. The zero-order chi connectivity index (χ0) is 21.8. The Balaban J connectivity index is 1.57. The number of anilines is 1. The average molecular weight is 415 g/mol. The van der Waals surface area contributed by atoms with E-state index in [2.05, 4.69) is 11.7 Å². The third-order valence-corrected chi connectivity index (χ3v) is 5.92. The van der Waals surface area contributed by atoms with Crippen LogP contribution in [0.5, 0.6) is 5.75 Å². The molecule has 0 saturated carbocycles. The molecule has 3 aromatic carbocycles. The highest BCUT2D eigenvalue weighted by atomic mass is 16.5. The molecule has 5 nitrogen and oxygen atoms in total. The van der Waals surface area contributed by atoms with E-state index in [9.17, 15) is 9.90 Å². The van der Waals surface area contributed by atoms with Crippen LogP contribution in [0, 0.1) is 5.92 Å². The molecule has 1 heterocycles. The molecule has 1 saturated heterocycles. The molecule has 158 valence electrons. The Kier molecular flexibility index (Phi) is 6.14. The zero-order valence-electron chi connectivity index (χ0n) is 17.5. The summed E-state index contributed by atoms with van der Waals surface area (Å²) in [5, 5.41) is 10.6. The lowest BCUT2D eigenvalue weighted by Crippen LogP contribution is -2.55. The topological polar surface area (TPSA) is 62.1 Å². The van der Waals surface area contributed by atoms with Crippen LogP contribution in [-0.2, 0) is 4.79 Å². The highest BCUT2D eigenvalue weighted by molar-refractivity contribution is 6.03. The van der Waals surface area contributed by atoms with Gasteiger partial charge in [0.25, 0.3) is 0 Å². The van der Waals surface area contributed by atoms with Gasteiger partial charge in [-0.05, 0) is 67.1 Å². The van der Waals surface area contributed by atoms with Crippen molar-refractivity contribution in [1.82, 2.24) is 0 Å². The first-order valence-corrected chi connectivity index (χ1v) is 10.4. The lowest BCUT2D eigenvalue weighted by atomic mass is 9.78. The van der Waals surface area contributed by atoms with E-state index in [0.29, 0.717) is 12.8 Å². The van der Waals surface area contributed by atoms with Crippen molar-refractivity contribution in [3.05, 3.63) is 90.0 Å². The molecular formula is C26H26N2O3. The predicted molar refractivity (Wildman–Crippen MR) is 123 cm³/mol. The Bertz CT molecular complexity index is 1030. The smallest absolute Gasteiger partial charge is 0.233 e. The van der Waals surface area contributed by atoms with Gasteiger partial charge in [-0.25, -0.2) is 0 Å². The molecule has 31 heavy (non-hydrogen) atoms. The number of aliphatic hydroxyl groups excluding tert-OH is 1. The van der Waals surface area contributed by atoms with E-state index in [0.717, 1.165) is 28.3 Å². The van der Waals surface area contributed by atoms with Gasteiger partial charge in [0.05, 0.1) is 30.9 Å². The lowest BCUT2D eigenvalue weighted by molar-refractivity contribution is -0.131. The Hall–Kier alpha value is -3.44. The number of hydrogen-bond acceptors (Lipinski definition) is 4. The van der Waals surface area contributed by atoms with Gasteiger partial charge < -0.3 is 14.7 Å². The number of rotatable bonds is 8. The van der Waals surface area contributed by atoms with Gasteiger partial charge in [-0.3, -0.25) is 9.79 Å². The Morgan fingerprint density at radius 1 is 1.03 bits per heavy atom. The highest BCUT2D eigenvalue weighted by Gasteiger charge is 2.48. The van der Waals surface area contributed by atoms with Gasteiger partial charge in [0.1, 0.15) is 5.75 Å². The summed E-state index contributed by atoms with van der Waals surface area (Å²) in [6.45, 7) is 3.55. The molecule has 3 aromatic rings. The number of carbonyl (C=O) groups excluding carboxylic acids is 1. The van der Waals surface area contributed by atoms with Gasteiger partial charge in [0.15, 0.2) is 0 Å². The predicted octanol–water partition coefficient (Wildman–Crippen LogP) is 5.25. The SMILES string of the molecule is C=Nc1ccc(N2C(=O)C(CCC(O)c3ccccc3)C2c2ccc(OC)cc2)cc1. The lowest BCUT2D eigenvalue weighted by Gasteiger charge is -2.48. The summed E-state index contributed by atoms with van der Waals surface area (Å²) >= 11 is 0. The molecule has 1 fully saturated rings. The van der Waals surface area contributed by atoms with Gasteiger partial charge in [0.2, 0.25) is 5.91 Å². The van der Waals surface area contributed by atoms with E-state index in [4.69, 9.17) is 4.74 Å². The van der Waals surface area contributed by atoms with E-state index in [1.54, 1.807) is 7.11 Å². The van der Waals surface area contributed by atoms with Crippen molar-refractivity contribution in [1.29, 1.82) is 0 Å². The number of ether oxygens (including phenoxy) is 1. The molecular weight excluding hydrogens is 388 g/mol. The fraction of sp³-hybridized carbons (Fsp3) is 0.231. The number of amides is 1. The van der Waals surface area contributed by atoms with Crippen LogP contribution in [0.4, 0.5) is 11.4 Å². The average Bonchev–Trinajstić information content (AvgIpc) is 2.83. The van der Waals surface area contributed by atoms with Crippen molar-refractivity contribution in [2.24, 2.45) is 10.9 Å². The van der Waals surface area contributed by atoms with Crippen LogP contribution in [0.3, 0.4) is 0 Å². The van der Waals surface area contributed by atoms with Gasteiger partial charge in [-0.2, -0.15) is 0 Å². The van der Waals surface area contributed by atoms with Crippen molar-refractivity contribution in [2.45, 2.75) is 25.0 Å². The van der Waals surface area contributed by atoms with E-state index in [1.165, 1.54) is 0 Å². The third-order valence-electron chi connectivity index (χ3n) is 5.92. The summed E-state index contributed by atoms with van der Waals surface area (Å²) in [5.41, 5.74) is 3.52. The molecule has 5 heteroatoms. The maximum absolute atomic E-state index is 13.2. The molecule has 4 rings (SSSR count). The van der Waals surface area contributed by atoms with Crippen molar-refractivity contribution in [3.63, 3.8) is 0 Å². The molecule has 3 atom stereocenters. The molecule has 1 aliphatic heterocycles. The molecule has 1 N–H and O–H groups in total. The largest absolute Gasteiger partial charge is 0.497 e. The molecule has 1 aliphatic rings. The van der Waals surface area contributed by atoms with Crippen molar-refractivity contribution in [2.75, 3.05) is 12.0 Å². The Labute approximate surface area is 182 Å². The van der Waals surface area contributed by atoms with Crippen LogP contribution in [0.2, 0.25) is 0 Å². The molecule has 0 bridgehead atoms. The maximum Gasteiger partial charge on any atom is 0.233 e. The number of aliphatic imine (C=N–C) groups is 1. The standard InChI is InChI=1S/C26H26N2O3/c1-27-20-10-12-21(13-11-20)28-25(19-8-14-22(31-2)15-9-19)23(26(28)30)16-17-24(29)18-6-4-3-5-7-18/h3-15,23-25,29H,1,16-17H2,2H3. The summed E-state index contributed by atoms with van der Waals surface area (Å²) in [7, 11) is 1.64. The fourth-order valence-corrected chi connectivity index (χ4v) is 4.20. The first-order chi connectivity index (χ1) is 15.1. The van der Waals surface area contributed by atoms with Crippen molar-refractivity contribution < 1.29 is 14.6 Å².